The standard InChI is InChI=1S/C11H12Br2N2O2/c1-11(2,3)10(17)14-7-4-8(12)15-9(13)6(7)5-16/h4-5H,1-3H3,(H,14,15,17). The lowest BCUT2D eigenvalue weighted by atomic mass is 9.95. The Balaban J connectivity index is 3.14. The lowest BCUT2D eigenvalue weighted by Gasteiger charge is -2.18. The molecule has 92 valence electrons. The Kier molecular flexibility index (Phi) is 4.43. The molecule has 0 aliphatic heterocycles. The summed E-state index contributed by atoms with van der Waals surface area (Å²) in [5.41, 5.74) is 0.238. The van der Waals surface area contributed by atoms with Gasteiger partial charge in [-0.15, -0.1) is 0 Å². The van der Waals surface area contributed by atoms with E-state index in [-0.39, 0.29) is 5.91 Å². The molecule has 0 aliphatic carbocycles. The van der Waals surface area contributed by atoms with Gasteiger partial charge in [0, 0.05) is 5.41 Å². The number of rotatable bonds is 2. The van der Waals surface area contributed by atoms with Gasteiger partial charge in [-0.05, 0) is 37.9 Å². The monoisotopic (exact) mass is 362 g/mol. The van der Waals surface area contributed by atoms with Gasteiger partial charge in [-0.2, -0.15) is 0 Å². The van der Waals surface area contributed by atoms with Gasteiger partial charge in [0.15, 0.2) is 6.29 Å². The van der Waals surface area contributed by atoms with Crippen LogP contribution in [0.5, 0.6) is 0 Å². The smallest absolute Gasteiger partial charge is 0.229 e. The maximum absolute atomic E-state index is 11.8. The van der Waals surface area contributed by atoms with Crippen molar-refractivity contribution in [3.8, 4) is 0 Å². The fourth-order valence-corrected chi connectivity index (χ4v) is 2.16. The Hall–Kier alpha value is -0.750. The number of nitrogens with zero attached hydrogens (tertiary/aromatic N) is 1. The third-order valence-corrected chi connectivity index (χ3v) is 3.04. The minimum Gasteiger partial charge on any atom is -0.325 e. The van der Waals surface area contributed by atoms with Crippen molar-refractivity contribution in [3.05, 3.63) is 20.8 Å². The number of anilines is 1. The summed E-state index contributed by atoms with van der Waals surface area (Å²) in [4.78, 5) is 26.8. The molecule has 0 unspecified atom stereocenters. The highest BCUT2D eigenvalue weighted by Crippen LogP contribution is 2.27. The van der Waals surface area contributed by atoms with Gasteiger partial charge in [-0.3, -0.25) is 9.59 Å². The fraction of sp³-hybridized carbons (Fsp3) is 0.364. The first kappa shape index (κ1) is 14.3. The molecule has 6 heteroatoms. The van der Waals surface area contributed by atoms with Crippen molar-refractivity contribution in [3.63, 3.8) is 0 Å². The minimum absolute atomic E-state index is 0.161. The maximum atomic E-state index is 11.8. The van der Waals surface area contributed by atoms with E-state index in [1.807, 2.05) is 0 Å². The molecule has 0 atom stereocenters. The van der Waals surface area contributed by atoms with E-state index < -0.39 is 5.41 Å². The van der Waals surface area contributed by atoms with E-state index in [0.717, 1.165) is 0 Å². The van der Waals surface area contributed by atoms with Gasteiger partial charge < -0.3 is 5.32 Å². The van der Waals surface area contributed by atoms with Gasteiger partial charge >= 0.3 is 0 Å². The third kappa shape index (κ3) is 3.61. The molecule has 1 amide bonds. The average molecular weight is 364 g/mol. The lowest BCUT2D eigenvalue weighted by molar-refractivity contribution is -0.123. The van der Waals surface area contributed by atoms with E-state index >= 15 is 0 Å². The molecule has 0 spiro atoms. The predicted octanol–water partition coefficient (Wildman–Crippen LogP) is 3.40. The van der Waals surface area contributed by atoms with Crippen molar-refractivity contribution in [1.82, 2.24) is 4.98 Å². The Morgan fingerprint density at radius 1 is 1.41 bits per heavy atom. The maximum Gasteiger partial charge on any atom is 0.229 e. The van der Waals surface area contributed by atoms with Crippen LogP contribution in [-0.4, -0.2) is 17.2 Å². The van der Waals surface area contributed by atoms with E-state index in [2.05, 4.69) is 42.2 Å². The summed E-state index contributed by atoms with van der Waals surface area (Å²) < 4.78 is 0.935. The normalized spacial score (nSPS) is 11.1. The molecule has 0 fully saturated rings. The quantitative estimate of drug-likeness (QED) is 0.647. The first-order chi connectivity index (χ1) is 7.75. The topological polar surface area (TPSA) is 59.1 Å². The van der Waals surface area contributed by atoms with Crippen molar-refractivity contribution in [1.29, 1.82) is 0 Å². The highest BCUT2D eigenvalue weighted by Gasteiger charge is 2.22. The number of aldehydes is 1. The summed E-state index contributed by atoms with van der Waals surface area (Å²) in [6.45, 7) is 5.40. The zero-order valence-corrected chi connectivity index (χ0v) is 12.8. The number of halogens is 2. The Labute approximate surface area is 116 Å². The molecule has 0 saturated carbocycles. The van der Waals surface area contributed by atoms with Gasteiger partial charge in [0.05, 0.1) is 11.3 Å². The van der Waals surface area contributed by atoms with Crippen LogP contribution < -0.4 is 5.32 Å². The molecular formula is C11H12Br2N2O2. The fourth-order valence-electron chi connectivity index (χ4n) is 1.02. The summed E-state index contributed by atoms with van der Waals surface area (Å²) in [7, 11) is 0. The average Bonchev–Trinajstić information content (AvgIpc) is 2.15. The zero-order valence-electron chi connectivity index (χ0n) is 9.67. The van der Waals surface area contributed by atoms with Gasteiger partial charge in [0.1, 0.15) is 9.21 Å². The SMILES string of the molecule is CC(C)(C)C(=O)Nc1cc(Br)nc(Br)c1C=O. The van der Waals surface area contributed by atoms with Gasteiger partial charge in [-0.1, -0.05) is 20.8 Å². The summed E-state index contributed by atoms with van der Waals surface area (Å²) in [5.74, 6) is -0.161. The number of carbonyl (C=O) groups is 2. The van der Waals surface area contributed by atoms with Gasteiger partial charge in [0.2, 0.25) is 5.91 Å². The molecule has 0 saturated heterocycles. The van der Waals surface area contributed by atoms with Crippen molar-refractivity contribution in [2.24, 2.45) is 5.41 Å². The van der Waals surface area contributed by atoms with Gasteiger partial charge in [-0.25, -0.2) is 4.98 Å². The third-order valence-electron chi connectivity index (χ3n) is 2.03. The van der Waals surface area contributed by atoms with Crippen LogP contribution in [0.1, 0.15) is 31.1 Å². The Bertz CT molecular complexity index is 467. The Morgan fingerprint density at radius 2 is 2.00 bits per heavy atom. The van der Waals surface area contributed by atoms with Crippen LogP contribution in [0.15, 0.2) is 15.3 Å². The second-order valence-electron chi connectivity index (χ2n) is 4.52. The highest BCUT2D eigenvalue weighted by molar-refractivity contribution is 9.11. The second-order valence-corrected chi connectivity index (χ2v) is 6.08. The number of hydrogen-bond acceptors (Lipinski definition) is 3. The van der Waals surface area contributed by atoms with E-state index in [1.165, 1.54) is 0 Å². The van der Waals surface area contributed by atoms with E-state index in [1.54, 1.807) is 26.8 Å². The summed E-state index contributed by atoms with van der Waals surface area (Å²) in [5, 5.41) is 2.71. The van der Waals surface area contributed by atoms with Crippen LogP contribution >= 0.6 is 31.9 Å². The van der Waals surface area contributed by atoms with Crippen molar-refractivity contribution < 1.29 is 9.59 Å². The van der Waals surface area contributed by atoms with Crippen LogP contribution in [-0.2, 0) is 4.79 Å². The first-order valence-electron chi connectivity index (χ1n) is 4.88. The Morgan fingerprint density at radius 3 is 2.47 bits per heavy atom. The molecular weight excluding hydrogens is 352 g/mol. The van der Waals surface area contributed by atoms with Gasteiger partial charge in [0.25, 0.3) is 0 Å². The van der Waals surface area contributed by atoms with Crippen LogP contribution in [0.3, 0.4) is 0 Å². The second kappa shape index (κ2) is 5.27. The molecule has 1 aromatic heterocycles. The lowest BCUT2D eigenvalue weighted by Crippen LogP contribution is -2.28. The highest BCUT2D eigenvalue weighted by atomic mass is 79.9. The van der Waals surface area contributed by atoms with Crippen molar-refractivity contribution in [2.45, 2.75) is 20.8 Å². The molecule has 0 radical (unpaired) electrons. The molecule has 1 rings (SSSR count). The number of nitrogens with one attached hydrogen (secondary N) is 1. The van der Waals surface area contributed by atoms with Crippen molar-refractivity contribution in [2.75, 3.05) is 5.32 Å². The van der Waals surface area contributed by atoms with E-state index in [0.29, 0.717) is 26.7 Å². The predicted molar refractivity (Wildman–Crippen MR) is 73.1 cm³/mol. The first-order valence-corrected chi connectivity index (χ1v) is 6.47. The minimum atomic E-state index is -0.525. The van der Waals surface area contributed by atoms with E-state index in [9.17, 15) is 9.59 Å². The summed E-state index contributed by atoms with van der Waals surface area (Å²) in [6.07, 6.45) is 0.655. The number of hydrogen-bond donors (Lipinski definition) is 1. The molecule has 0 aliphatic rings. The van der Waals surface area contributed by atoms with Crippen LogP contribution in [0.25, 0.3) is 0 Å². The van der Waals surface area contributed by atoms with Crippen LogP contribution in [0.4, 0.5) is 5.69 Å². The number of pyridine rings is 1. The number of aromatic nitrogens is 1. The van der Waals surface area contributed by atoms with Crippen LogP contribution in [0.2, 0.25) is 0 Å². The number of carbonyl (C=O) groups excluding carboxylic acids is 2. The molecule has 0 bridgehead atoms. The molecule has 4 nitrogen and oxygen atoms in total. The van der Waals surface area contributed by atoms with Crippen LogP contribution in [0, 0.1) is 5.41 Å². The number of amides is 1. The van der Waals surface area contributed by atoms with Crippen molar-refractivity contribution >= 4 is 49.7 Å². The molecule has 1 N–H and O–H groups in total. The largest absolute Gasteiger partial charge is 0.325 e. The zero-order chi connectivity index (χ0) is 13.2. The molecule has 1 heterocycles. The molecule has 1 aromatic rings. The summed E-state index contributed by atoms with van der Waals surface area (Å²) >= 11 is 6.38. The molecule has 0 aromatic carbocycles. The summed E-state index contributed by atoms with van der Waals surface area (Å²) in [6, 6.07) is 1.60. The molecule has 17 heavy (non-hydrogen) atoms. The van der Waals surface area contributed by atoms with E-state index in [4.69, 9.17) is 0 Å².